The molecule has 8 nitrogen and oxygen atoms in total. The van der Waals surface area contributed by atoms with Crippen LogP contribution >= 0.6 is 0 Å². The molecule has 0 fully saturated rings. The van der Waals surface area contributed by atoms with E-state index in [1.807, 2.05) is 24.3 Å². The van der Waals surface area contributed by atoms with E-state index in [-0.39, 0.29) is 18.4 Å². The number of hydrogen-bond donors (Lipinski definition) is 2. The van der Waals surface area contributed by atoms with Crippen LogP contribution in [-0.4, -0.2) is 36.3 Å². The molecule has 0 bridgehead atoms. The number of hydrogen-bond acceptors (Lipinski definition) is 7. The van der Waals surface area contributed by atoms with Gasteiger partial charge in [0.2, 0.25) is 6.79 Å². The Morgan fingerprint density at radius 3 is 2.86 bits per heavy atom. The third-order valence-electron chi connectivity index (χ3n) is 4.42. The van der Waals surface area contributed by atoms with Gasteiger partial charge in [-0.15, -0.1) is 0 Å². The van der Waals surface area contributed by atoms with E-state index in [4.69, 9.17) is 14.2 Å². The molecule has 0 unspecified atom stereocenters. The van der Waals surface area contributed by atoms with Gasteiger partial charge in [0, 0.05) is 24.4 Å². The van der Waals surface area contributed by atoms with Gasteiger partial charge in [0.25, 0.3) is 5.91 Å². The lowest BCUT2D eigenvalue weighted by atomic mass is 10.1. The molecule has 1 aliphatic heterocycles. The summed E-state index contributed by atoms with van der Waals surface area (Å²) >= 11 is 0. The van der Waals surface area contributed by atoms with E-state index in [0.717, 1.165) is 17.7 Å². The summed E-state index contributed by atoms with van der Waals surface area (Å²) in [5.74, 6) is 2.35. The summed E-state index contributed by atoms with van der Waals surface area (Å²) in [6.45, 7) is 0.823. The van der Waals surface area contributed by atoms with Crippen LogP contribution in [0.25, 0.3) is 0 Å². The Bertz CT molecular complexity index is 1030. The Hall–Kier alpha value is -3.81. The molecule has 4 rings (SSSR count). The minimum absolute atomic E-state index is 0.183. The number of para-hydroxylation sites is 1. The van der Waals surface area contributed by atoms with Gasteiger partial charge in [-0.05, 0) is 30.2 Å². The standard InChI is InChI=1S/C21H20N4O4/c1-27-17-5-3-2-4-14(17)8-9-22-20-11-16(23-12-24-20)21(26)25-15-6-7-18-19(10-15)29-13-28-18/h2-7,10-12H,8-9,13H2,1H3,(H,25,26)(H,22,23,24). The molecule has 1 amide bonds. The minimum Gasteiger partial charge on any atom is -0.496 e. The van der Waals surface area contributed by atoms with Gasteiger partial charge in [0.1, 0.15) is 23.6 Å². The molecule has 3 aromatic rings. The number of benzene rings is 2. The van der Waals surface area contributed by atoms with Gasteiger partial charge < -0.3 is 24.8 Å². The maximum Gasteiger partial charge on any atom is 0.274 e. The number of rotatable bonds is 7. The smallest absolute Gasteiger partial charge is 0.274 e. The van der Waals surface area contributed by atoms with E-state index < -0.39 is 0 Å². The monoisotopic (exact) mass is 392 g/mol. The van der Waals surface area contributed by atoms with E-state index in [9.17, 15) is 4.79 Å². The van der Waals surface area contributed by atoms with Crippen molar-refractivity contribution in [1.82, 2.24) is 9.97 Å². The Kier molecular flexibility index (Phi) is 5.42. The number of nitrogens with zero attached hydrogens (tertiary/aromatic N) is 2. The third kappa shape index (κ3) is 4.37. The Morgan fingerprint density at radius 2 is 1.97 bits per heavy atom. The van der Waals surface area contributed by atoms with Crippen LogP contribution in [0.4, 0.5) is 11.5 Å². The Balaban J connectivity index is 1.37. The highest BCUT2D eigenvalue weighted by atomic mass is 16.7. The molecule has 0 atom stereocenters. The number of amides is 1. The van der Waals surface area contributed by atoms with Crippen molar-refractivity contribution in [2.45, 2.75) is 6.42 Å². The summed E-state index contributed by atoms with van der Waals surface area (Å²) in [5.41, 5.74) is 1.96. The molecule has 2 N–H and O–H groups in total. The SMILES string of the molecule is COc1ccccc1CCNc1cc(C(=O)Nc2ccc3c(c2)OCO3)ncn1. The lowest BCUT2D eigenvalue weighted by Gasteiger charge is -2.10. The van der Waals surface area contributed by atoms with Crippen LogP contribution in [-0.2, 0) is 6.42 Å². The topological polar surface area (TPSA) is 94.6 Å². The van der Waals surface area contributed by atoms with E-state index >= 15 is 0 Å². The maximum absolute atomic E-state index is 12.5. The fraction of sp³-hybridized carbons (Fsp3) is 0.190. The summed E-state index contributed by atoms with van der Waals surface area (Å²) in [6.07, 6.45) is 2.12. The molecule has 0 saturated carbocycles. The third-order valence-corrected chi connectivity index (χ3v) is 4.42. The number of fused-ring (bicyclic) bond motifs is 1. The van der Waals surface area contributed by atoms with Crippen LogP contribution in [0, 0.1) is 0 Å². The predicted octanol–water partition coefficient (Wildman–Crippen LogP) is 3.12. The molecule has 0 saturated heterocycles. The number of aromatic nitrogens is 2. The molecule has 148 valence electrons. The van der Waals surface area contributed by atoms with E-state index in [2.05, 4.69) is 20.6 Å². The van der Waals surface area contributed by atoms with Gasteiger partial charge in [0.15, 0.2) is 11.5 Å². The van der Waals surface area contributed by atoms with Gasteiger partial charge in [-0.3, -0.25) is 4.79 Å². The first-order valence-corrected chi connectivity index (χ1v) is 9.12. The van der Waals surface area contributed by atoms with Gasteiger partial charge in [-0.2, -0.15) is 0 Å². The number of methoxy groups -OCH3 is 1. The average Bonchev–Trinajstić information content (AvgIpc) is 3.22. The number of ether oxygens (including phenoxy) is 3. The van der Waals surface area contributed by atoms with Crippen molar-refractivity contribution >= 4 is 17.4 Å². The van der Waals surface area contributed by atoms with Crippen molar-refractivity contribution in [1.29, 1.82) is 0 Å². The first-order valence-electron chi connectivity index (χ1n) is 9.12. The average molecular weight is 392 g/mol. The second-order valence-corrected chi connectivity index (χ2v) is 6.30. The van der Waals surface area contributed by atoms with Crippen LogP contribution in [0.15, 0.2) is 54.9 Å². The van der Waals surface area contributed by atoms with Gasteiger partial charge in [-0.25, -0.2) is 9.97 Å². The summed E-state index contributed by atoms with van der Waals surface area (Å²) < 4.78 is 16.0. The van der Waals surface area contributed by atoms with Crippen molar-refractivity contribution in [2.75, 3.05) is 31.1 Å². The number of carbonyl (C=O) groups is 1. The predicted molar refractivity (Wildman–Crippen MR) is 108 cm³/mol. The van der Waals surface area contributed by atoms with Crippen LogP contribution in [0.1, 0.15) is 16.1 Å². The first kappa shape index (κ1) is 18.5. The van der Waals surface area contributed by atoms with Gasteiger partial charge in [0.05, 0.1) is 7.11 Å². The van der Waals surface area contributed by atoms with Gasteiger partial charge >= 0.3 is 0 Å². The molecule has 29 heavy (non-hydrogen) atoms. The Labute approximate surface area is 167 Å². The second kappa shape index (κ2) is 8.47. The van der Waals surface area contributed by atoms with Crippen LogP contribution < -0.4 is 24.8 Å². The molecule has 1 aromatic heterocycles. The van der Waals surface area contributed by atoms with Crippen LogP contribution in [0.5, 0.6) is 17.2 Å². The van der Waals surface area contributed by atoms with Crippen molar-refractivity contribution < 1.29 is 19.0 Å². The number of carbonyl (C=O) groups excluding carboxylic acids is 1. The molecule has 0 aliphatic carbocycles. The summed E-state index contributed by atoms with van der Waals surface area (Å²) in [4.78, 5) is 20.8. The largest absolute Gasteiger partial charge is 0.496 e. The highest BCUT2D eigenvalue weighted by Gasteiger charge is 2.15. The Morgan fingerprint density at radius 1 is 1.10 bits per heavy atom. The quantitative estimate of drug-likeness (QED) is 0.638. The zero-order valence-electron chi connectivity index (χ0n) is 15.8. The molecular weight excluding hydrogens is 372 g/mol. The summed E-state index contributed by atoms with van der Waals surface area (Å²) in [5, 5.41) is 6.02. The van der Waals surface area contributed by atoms with E-state index in [1.54, 1.807) is 31.4 Å². The molecule has 2 aromatic carbocycles. The summed E-state index contributed by atoms with van der Waals surface area (Å²) in [6, 6.07) is 14.7. The molecule has 8 heteroatoms. The fourth-order valence-corrected chi connectivity index (χ4v) is 2.98. The lowest BCUT2D eigenvalue weighted by Crippen LogP contribution is -2.15. The molecule has 1 aliphatic rings. The lowest BCUT2D eigenvalue weighted by molar-refractivity contribution is 0.102. The van der Waals surface area contributed by atoms with Crippen molar-refractivity contribution in [3.63, 3.8) is 0 Å². The molecular formula is C21H20N4O4. The first-order chi connectivity index (χ1) is 14.2. The summed E-state index contributed by atoms with van der Waals surface area (Å²) in [7, 11) is 1.65. The van der Waals surface area contributed by atoms with E-state index in [0.29, 0.717) is 29.5 Å². The van der Waals surface area contributed by atoms with Crippen LogP contribution in [0.3, 0.4) is 0 Å². The minimum atomic E-state index is -0.334. The van der Waals surface area contributed by atoms with Crippen LogP contribution in [0.2, 0.25) is 0 Å². The molecule has 0 spiro atoms. The van der Waals surface area contributed by atoms with Gasteiger partial charge in [-0.1, -0.05) is 18.2 Å². The van der Waals surface area contributed by atoms with E-state index in [1.165, 1.54) is 6.33 Å². The maximum atomic E-state index is 12.5. The zero-order chi connectivity index (χ0) is 20.1. The molecule has 0 radical (unpaired) electrons. The fourth-order valence-electron chi connectivity index (χ4n) is 2.98. The number of anilines is 2. The zero-order valence-corrected chi connectivity index (χ0v) is 15.8. The van der Waals surface area contributed by atoms with Crippen molar-refractivity contribution in [3.8, 4) is 17.2 Å². The highest BCUT2D eigenvalue weighted by molar-refractivity contribution is 6.03. The van der Waals surface area contributed by atoms with Crippen molar-refractivity contribution in [2.24, 2.45) is 0 Å². The molecule has 2 heterocycles. The second-order valence-electron chi connectivity index (χ2n) is 6.30. The van der Waals surface area contributed by atoms with Crippen molar-refractivity contribution in [3.05, 3.63) is 66.1 Å². The highest BCUT2D eigenvalue weighted by Crippen LogP contribution is 2.34. The number of nitrogens with one attached hydrogen (secondary N) is 2. The normalized spacial score (nSPS) is 11.8.